The number of aryl methyl sites for hydroxylation is 1. The van der Waals surface area contributed by atoms with Gasteiger partial charge in [0.1, 0.15) is 5.82 Å². The van der Waals surface area contributed by atoms with Crippen molar-refractivity contribution in [2.45, 2.75) is 44.6 Å². The summed E-state index contributed by atoms with van der Waals surface area (Å²) in [5, 5.41) is 19.4. The van der Waals surface area contributed by atoms with Gasteiger partial charge in [0.2, 0.25) is 0 Å². The molecule has 6 heteroatoms. The number of fused-ring (bicyclic) bond motifs is 2. The van der Waals surface area contributed by atoms with E-state index >= 15 is 0 Å². The minimum atomic E-state index is -0.890. The van der Waals surface area contributed by atoms with Crippen LogP contribution in [-0.4, -0.2) is 32.9 Å². The van der Waals surface area contributed by atoms with Gasteiger partial charge in [-0.15, -0.1) is 6.58 Å². The van der Waals surface area contributed by atoms with E-state index < -0.39 is 11.0 Å². The van der Waals surface area contributed by atoms with Crippen molar-refractivity contribution in [2.24, 2.45) is 5.41 Å². The Morgan fingerprint density at radius 2 is 2.03 bits per heavy atom. The number of halogens is 1. The molecular weight excluding hydrogens is 441 g/mol. The molecule has 0 radical (unpaired) electrons. The highest BCUT2D eigenvalue weighted by molar-refractivity contribution is 5.95. The molecule has 0 bridgehead atoms. The third-order valence-electron chi connectivity index (χ3n) is 7.83. The number of hydrogen-bond acceptors (Lipinski definition) is 3. The number of carbonyl (C=O) groups excluding carboxylic acids is 1. The molecule has 3 aromatic rings. The van der Waals surface area contributed by atoms with Crippen molar-refractivity contribution in [1.29, 1.82) is 0 Å². The maximum atomic E-state index is 13.4. The van der Waals surface area contributed by atoms with Gasteiger partial charge in [0, 0.05) is 17.5 Å². The Kier molecular flexibility index (Phi) is 5.93. The van der Waals surface area contributed by atoms with Crippen molar-refractivity contribution in [1.82, 2.24) is 15.1 Å². The van der Waals surface area contributed by atoms with Gasteiger partial charge in [0.15, 0.2) is 0 Å². The summed E-state index contributed by atoms with van der Waals surface area (Å²) in [5.41, 5.74) is 4.38. The van der Waals surface area contributed by atoms with Crippen LogP contribution in [0.3, 0.4) is 0 Å². The predicted octanol–water partition coefficient (Wildman–Crippen LogP) is 5.03. The molecule has 1 saturated carbocycles. The van der Waals surface area contributed by atoms with Crippen molar-refractivity contribution in [3.63, 3.8) is 0 Å². The Bertz CT molecular complexity index is 1310. The Morgan fingerprint density at radius 3 is 2.80 bits per heavy atom. The van der Waals surface area contributed by atoms with Gasteiger partial charge in [-0.25, -0.2) is 9.07 Å². The van der Waals surface area contributed by atoms with Crippen molar-refractivity contribution >= 4 is 12.0 Å². The van der Waals surface area contributed by atoms with Crippen LogP contribution < -0.4 is 5.32 Å². The summed E-state index contributed by atoms with van der Waals surface area (Å²) in [4.78, 5) is 12.6. The zero-order valence-corrected chi connectivity index (χ0v) is 19.9. The molecule has 1 heterocycles. The standard InChI is InChI=1S/C29H30FN3O2/c1-3-16-31-27(34)25-7-5-4-6-20(25)12-14-29(35)15-13-22-17-26-21(18-28(22,29)2)19-32-33(26)24-10-8-23(30)9-11-24/h3-11,17,19,35H,1,12-16,18H2,2H3,(H,31,34)/t28-,29-/m0/s1. The Balaban J connectivity index is 1.39. The molecular formula is C29H30FN3O2. The van der Waals surface area contributed by atoms with E-state index in [1.54, 1.807) is 18.2 Å². The fraction of sp³-hybridized carbons (Fsp3) is 0.310. The molecule has 0 unspecified atom stereocenters. The topological polar surface area (TPSA) is 67.2 Å². The van der Waals surface area contributed by atoms with Gasteiger partial charge in [-0.1, -0.05) is 36.8 Å². The Hall–Kier alpha value is -3.51. The summed E-state index contributed by atoms with van der Waals surface area (Å²) in [6, 6.07) is 13.9. The molecule has 2 atom stereocenters. The highest BCUT2D eigenvalue weighted by atomic mass is 19.1. The van der Waals surface area contributed by atoms with Gasteiger partial charge in [-0.3, -0.25) is 4.79 Å². The van der Waals surface area contributed by atoms with Crippen LogP contribution in [0.15, 0.2) is 73.0 Å². The van der Waals surface area contributed by atoms with Crippen molar-refractivity contribution < 1.29 is 14.3 Å². The van der Waals surface area contributed by atoms with Gasteiger partial charge in [-0.05, 0) is 79.6 Å². The molecule has 180 valence electrons. The molecule has 1 amide bonds. The van der Waals surface area contributed by atoms with Crippen LogP contribution in [0.2, 0.25) is 0 Å². The average molecular weight is 472 g/mol. The molecule has 2 aliphatic carbocycles. The smallest absolute Gasteiger partial charge is 0.251 e. The van der Waals surface area contributed by atoms with Crippen LogP contribution in [0.1, 0.15) is 53.4 Å². The van der Waals surface area contributed by atoms with Crippen molar-refractivity contribution in [2.75, 3.05) is 6.54 Å². The molecule has 35 heavy (non-hydrogen) atoms. The van der Waals surface area contributed by atoms with E-state index in [0.717, 1.165) is 28.9 Å². The van der Waals surface area contributed by atoms with Gasteiger partial charge < -0.3 is 10.4 Å². The fourth-order valence-corrected chi connectivity index (χ4v) is 5.68. The zero-order valence-electron chi connectivity index (χ0n) is 19.9. The third-order valence-corrected chi connectivity index (χ3v) is 7.83. The number of nitrogens with zero attached hydrogens (tertiary/aromatic N) is 2. The minimum Gasteiger partial charge on any atom is -0.389 e. The van der Waals surface area contributed by atoms with E-state index in [9.17, 15) is 14.3 Å². The number of carbonyl (C=O) groups is 1. The van der Waals surface area contributed by atoms with E-state index in [4.69, 9.17) is 0 Å². The monoisotopic (exact) mass is 471 g/mol. The first-order valence-electron chi connectivity index (χ1n) is 12.1. The van der Waals surface area contributed by atoms with Crippen LogP contribution in [-0.2, 0) is 12.8 Å². The molecule has 1 fully saturated rings. The van der Waals surface area contributed by atoms with Gasteiger partial charge in [0.05, 0.1) is 23.2 Å². The number of benzene rings is 2. The van der Waals surface area contributed by atoms with Crippen LogP contribution in [0.25, 0.3) is 11.8 Å². The molecule has 2 N–H and O–H groups in total. The van der Waals surface area contributed by atoms with Gasteiger partial charge >= 0.3 is 0 Å². The quantitative estimate of drug-likeness (QED) is 0.475. The number of hydrogen-bond donors (Lipinski definition) is 2. The van der Waals surface area contributed by atoms with Gasteiger partial charge in [-0.2, -0.15) is 5.10 Å². The molecule has 2 aliphatic rings. The number of aromatic nitrogens is 2. The number of rotatable bonds is 7. The van der Waals surface area contributed by atoms with Crippen LogP contribution in [0, 0.1) is 11.2 Å². The zero-order chi connectivity index (χ0) is 24.6. The minimum absolute atomic E-state index is 0.124. The normalized spacial score (nSPS) is 22.8. The van der Waals surface area contributed by atoms with E-state index in [1.165, 1.54) is 17.7 Å². The highest BCUT2D eigenvalue weighted by Crippen LogP contribution is 2.56. The summed E-state index contributed by atoms with van der Waals surface area (Å²) in [6.07, 6.45) is 9.02. The summed E-state index contributed by atoms with van der Waals surface area (Å²) < 4.78 is 15.2. The maximum absolute atomic E-state index is 13.4. The van der Waals surface area contributed by atoms with Crippen LogP contribution in [0.4, 0.5) is 4.39 Å². The molecule has 2 aromatic carbocycles. The lowest BCUT2D eigenvalue weighted by Gasteiger charge is -2.42. The fourth-order valence-electron chi connectivity index (χ4n) is 5.68. The lowest BCUT2D eigenvalue weighted by atomic mass is 9.65. The summed E-state index contributed by atoms with van der Waals surface area (Å²) in [5.74, 6) is -0.400. The van der Waals surface area contributed by atoms with E-state index in [1.807, 2.05) is 35.1 Å². The van der Waals surface area contributed by atoms with Crippen molar-refractivity contribution in [3.05, 3.63) is 101 Å². The third kappa shape index (κ3) is 4.02. The first-order chi connectivity index (χ1) is 16.8. The largest absolute Gasteiger partial charge is 0.389 e. The van der Waals surface area contributed by atoms with Crippen LogP contribution in [0.5, 0.6) is 0 Å². The molecule has 0 aliphatic heterocycles. The van der Waals surface area contributed by atoms with Crippen molar-refractivity contribution in [3.8, 4) is 5.69 Å². The second-order valence-electron chi connectivity index (χ2n) is 9.81. The maximum Gasteiger partial charge on any atom is 0.251 e. The predicted molar refractivity (Wildman–Crippen MR) is 135 cm³/mol. The number of amides is 1. The SMILES string of the molecule is C=CCNC(=O)c1ccccc1CC[C@]1(O)CCC2=Cc3c(cnn3-c3ccc(F)cc3)C[C@@]21C. The van der Waals surface area contributed by atoms with E-state index in [0.29, 0.717) is 37.8 Å². The number of aliphatic hydroxyl groups is 1. The first-order valence-corrected chi connectivity index (χ1v) is 12.1. The second kappa shape index (κ2) is 8.93. The molecule has 5 nitrogen and oxygen atoms in total. The van der Waals surface area contributed by atoms with E-state index in [2.05, 4.69) is 30.0 Å². The lowest BCUT2D eigenvalue weighted by Crippen LogP contribution is -2.45. The lowest BCUT2D eigenvalue weighted by molar-refractivity contribution is -0.0461. The molecule has 5 rings (SSSR count). The Morgan fingerprint density at radius 1 is 1.26 bits per heavy atom. The summed E-state index contributed by atoms with van der Waals surface area (Å²) >= 11 is 0. The van der Waals surface area contributed by atoms with Gasteiger partial charge in [0.25, 0.3) is 5.91 Å². The summed E-state index contributed by atoms with van der Waals surface area (Å²) in [7, 11) is 0. The molecule has 1 aromatic heterocycles. The van der Waals surface area contributed by atoms with E-state index in [-0.39, 0.29) is 11.7 Å². The average Bonchev–Trinajstić information content (AvgIpc) is 3.38. The van der Waals surface area contributed by atoms with Crippen LogP contribution >= 0.6 is 0 Å². The Labute approximate surface area is 205 Å². The summed E-state index contributed by atoms with van der Waals surface area (Å²) in [6.45, 7) is 6.22. The highest BCUT2D eigenvalue weighted by Gasteiger charge is 2.54. The molecule has 0 saturated heterocycles. The molecule has 0 spiro atoms. The second-order valence-corrected chi connectivity index (χ2v) is 9.81. The first kappa shape index (κ1) is 23.2. The number of nitrogens with one attached hydrogen (secondary N) is 1.